The fourth-order valence-corrected chi connectivity index (χ4v) is 3.88. The van der Waals surface area contributed by atoms with E-state index in [2.05, 4.69) is 19.1 Å². The minimum Gasteiger partial charge on any atom is -0.486 e. The maximum absolute atomic E-state index is 12.9. The molecule has 0 saturated carbocycles. The zero-order valence-electron chi connectivity index (χ0n) is 17.9. The molecule has 0 N–H and O–H groups in total. The number of furan rings is 1. The van der Waals surface area contributed by atoms with Crippen LogP contribution in [-0.4, -0.2) is 25.6 Å². The second-order valence-corrected chi connectivity index (χ2v) is 8.09. The van der Waals surface area contributed by atoms with E-state index in [0.717, 1.165) is 17.4 Å². The van der Waals surface area contributed by atoms with E-state index in [9.17, 15) is 4.79 Å². The second-order valence-electron chi connectivity index (χ2n) is 8.09. The molecule has 4 rings (SSSR count). The number of nitrogens with zero attached hydrogens (tertiary/aromatic N) is 1. The molecule has 2 heterocycles. The summed E-state index contributed by atoms with van der Waals surface area (Å²) in [6.07, 6.45) is 2.46. The lowest BCUT2D eigenvalue weighted by atomic mass is 9.98. The van der Waals surface area contributed by atoms with E-state index >= 15 is 0 Å². The van der Waals surface area contributed by atoms with Crippen molar-refractivity contribution in [2.45, 2.75) is 32.7 Å². The molecule has 5 heteroatoms. The van der Waals surface area contributed by atoms with Gasteiger partial charge in [-0.25, -0.2) is 0 Å². The molecule has 1 atom stereocenters. The summed E-state index contributed by atoms with van der Waals surface area (Å²) in [6, 6.07) is 13.8. The standard InChI is InChI=1S/C25H27NO4/c1-16(18-8-6-5-7-9-18)10-12-29-25-23-20(11-13-28-23)17(2)22-21(27)14-19(15-26(3)4)30-24(22)25/h5-9,11,13-14,16H,10,12,15H2,1-4H3. The van der Waals surface area contributed by atoms with Crippen molar-refractivity contribution >= 4 is 21.9 Å². The summed E-state index contributed by atoms with van der Waals surface area (Å²) in [5.41, 5.74) is 3.15. The van der Waals surface area contributed by atoms with Crippen molar-refractivity contribution < 1.29 is 13.6 Å². The van der Waals surface area contributed by atoms with E-state index in [1.807, 2.05) is 50.2 Å². The number of hydrogen-bond acceptors (Lipinski definition) is 5. The van der Waals surface area contributed by atoms with E-state index in [1.165, 1.54) is 5.56 Å². The maximum Gasteiger partial charge on any atom is 0.206 e. The van der Waals surface area contributed by atoms with Gasteiger partial charge in [0.2, 0.25) is 5.75 Å². The first-order valence-electron chi connectivity index (χ1n) is 10.2. The van der Waals surface area contributed by atoms with Gasteiger partial charge >= 0.3 is 0 Å². The summed E-state index contributed by atoms with van der Waals surface area (Å²) >= 11 is 0. The Kier molecular flexibility index (Phi) is 5.64. The fourth-order valence-electron chi connectivity index (χ4n) is 3.88. The van der Waals surface area contributed by atoms with Crippen LogP contribution in [0.2, 0.25) is 0 Å². The highest BCUT2D eigenvalue weighted by molar-refractivity contribution is 6.03. The van der Waals surface area contributed by atoms with Crippen LogP contribution in [0.15, 0.2) is 62.4 Å². The molecule has 0 saturated heterocycles. The van der Waals surface area contributed by atoms with Crippen LogP contribution in [0.1, 0.15) is 36.1 Å². The van der Waals surface area contributed by atoms with Crippen LogP contribution < -0.4 is 10.2 Å². The Labute approximate surface area is 175 Å². The summed E-state index contributed by atoms with van der Waals surface area (Å²) in [7, 11) is 3.88. The quantitative estimate of drug-likeness (QED) is 0.407. The average molecular weight is 405 g/mol. The molecule has 0 amide bonds. The Morgan fingerprint density at radius 3 is 2.60 bits per heavy atom. The van der Waals surface area contributed by atoms with Crippen LogP contribution >= 0.6 is 0 Å². The van der Waals surface area contributed by atoms with Gasteiger partial charge in [-0.2, -0.15) is 0 Å². The topological polar surface area (TPSA) is 55.8 Å². The Hall–Kier alpha value is -3.05. The normalized spacial score (nSPS) is 12.7. The van der Waals surface area contributed by atoms with Crippen molar-refractivity contribution in [1.29, 1.82) is 0 Å². The molecular formula is C25H27NO4. The third-order valence-corrected chi connectivity index (χ3v) is 5.49. The predicted molar refractivity (Wildman–Crippen MR) is 119 cm³/mol. The van der Waals surface area contributed by atoms with Gasteiger partial charge in [0.05, 0.1) is 24.8 Å². The van der Waals surface area contributed by atoms with Crippen molar-refractivity contribution in [2.75, 3.05) is 20.7 Å². The van der Waals surface area contributed by atoms with Crippen LogP contribution in [0.3, 0.4) is 0 Å². The molecule has 0 spiro atoms. The highest BCUT2D eigenvalue weighted by Gasteiger charge is 2.21. The number of fused-ring (bicyclic) bond motifs is 2. The van der Waals surface area contributed by atoms with Gasteiger partial charge in [0, 0.05) is 11.5 Å². The molecule has 2 aromatic heterocycles. The average Bonchev–Trinajstić information content (AvgIpc) is 3.20. The molecule has 2 aromatic carbocycles. The van der Waals surface area contributed by atoms with Crippen LogP contribution in [0.5, 0.6) is 5.75 Å². The van der Waals surface area contributed by atoms with Gasteiger partial charge in [-0.1, -0.05) is 37.3 Å². The van der Waals surface area contributed by atoms with E-state index in [0.29, 0.717) is 47.1 Å². The van der Waals surface area contributed by atoms with E-state index in [4.69, 9.17) is 13.6 Å². The largest absolute Gasteiger partial charge is 0.486 e. The van der Waals surface area contributed by atoms with Crippen molar-refractivity contribution in [3.8, 4) is 5.75 Å². The summed E-state index contributed by atoms with van der Waals surface area (Å²) in [5, 5.41) is 1.43. The van der Waals surface area contributed by atoms with Crippen LogP contribution in [-0.2, 0) is 6.54 Å². The first-order chi connectivity index (χ1) is 14.5. The van der Waals surface area contributed by atoms with E-state index < -0.39 is 0 Å². The molecule has 4 aromatic rings. The molecule has 0 aliphatic rings. The molecule has 0 radical (unpaired) electrons. The zero-order chi connectivity index (χ0) is 21.3. The lowest BCUT2D eigenvalue weighted by Gasteiger charge is -2.15. The Balaban J connectivity index is 1.73. The van der Waals surface area contributed by atoms with Crippen molar-refractivity contribution in [1.82, 2.24) is 4.90 Å². The molecule has 5 nitrogen and oxygen atoms in total. The molecule has 0 aliphatic heterocycles. The lowest BCUT2D eigenvalue weighted by Crippen LogP contribution is -2.14. The molecule has 0 aliphatic carbocycles. The number of ether oxygens (including phenoxy) is 1. The Bertz CT molecular complexity index is 1220. The first-order valence-corrected chi connectivity index (χ1v) is 10.2. The summed E-state index contributed by atoms with van der Waals surface area (Å²) in [5.74, 6) is 1.46. The minimum atomic E-state index is -0.0591. The van der Waals surface area contributed by atoms with Gasteiger partial charge in [0.15, 0.2) is 16.6 Å². The summed E-state index contributed by atoms with van der Waals surface area (Å²) < 4.78 is 18.1. The third kappa shape index (κ3) is 3.85. The summed E-state index contributed by atoms with van der Waals surface area (Å²) in [6.45, 7) is 5.13. The minimum absolute atomic E-state index is 0.0591. The number of rotatable bonds is 7. The Morgan fingerprint density at radius 1 is 1.10 bits per heavy atom. The molecule has 30 heavy (non-hydrogen) atoms. The van der Waals surface area contributed by atoms with Gasteiger partial charge in [0.25, 0.3) is 0 Å². The number of hydrogen-bond donors (Lipinski definition) is 0. The monoisotopic (exact) mass is 405 g/mol. The summed E-state index contributed by atoms with van der Waals surface area (Å²) in [4.78, 5) is 14.9. The van der Waals surface area contributed by atoms with Crippen LogP contribution in [0.4, 0.5) is 0 Å². The van der Waals surface area contributed by atoms with E-state index in [-0.39, 0.29) is 5.43 Å². The molecule has 1 unspecified atom stereocenters. The maximum atomic E-state index is 12.9. The smallest absolute Gasteiger partial charge is 0.206 e. The van der Waals surface area contributed by atoms with Crippen molar-refractivity contribution in [3.63, 3.8) is 0 Å². The van der Waals surface area contributed by atoms with Gasteiger partial charge in [-0.05, 0) is 50.6 Å². The fraction of sp³-hybridized carbons (Fsp3) is 0.320. The third-order valence-electron chi connectivity index (χ3n) is 5.49. The predicted octanol–water partition coefficient (Wildman–Crippen LogP) is 5.48. The zero-order valence-corrected chi connectivity index (χ0v) is 17.9. The van der Waals surface area contributed by atoms with Crippen LogP contribution in [0.25, 0.3) is 21.9 Å². The molecule has 0 bridgehead atoms. The van der Waals surface area contributed by atoms with Gasteiger partial charge < -0.3 is 18.5 Å². The van der Waals surface area contributed by atoms with Crippen molar-refractivity contribution in [2.24, 2.45) is 0 Å². The highest BCUT2D eigenvalue weighted by atomic mass is 16.5. The highest BCUT2D eigenvalue weighted by Crippen LogP contribution is 2.38. The number of benzene rings is 2. The first kappa shape index (κ1) is 20.2. The number of aryl methyl sites for hydroxylation is 1. The molecular weight excluding hydrogens is 378 g/mol. The van der Waals surface area contributed by atoms with Crippen LogP contribution in [0, 0.1) is 6.92 Å². The lowest BCUT2D eigenvalue weighted by molar-refractivity contribution is 0.295. The van der Waals surface area contributed by atoms with Crippen molar-refractivity contribution in [3.05, 3.63) is 75.8 Å². The second kappa shape index (κ2) is 8.36. The van der Waals surface area contributed by atoms with Gasteiger partial charge in [-0.15, -0.1) is 0 Å². The van der Waals surface area contributed by atoms with Gasteiger partial charge in [0.1, 0.15) is 5.76 Å². The molecule has 0 fully saturated rings. The SMILES string of the molecule is Cc1c2ccoc2c(OCCC(C)c2ccccc2)c2oc(CN(C)C)cc(=O)c12. The van der Waals surface area contributed by atoms with Gasteiger partial charge in [-0.3, -0.25) is 4.79 Å². The Morgan fingerprint density at radius 2 is 1.87 bits per heavy atom. The molecule has 156 valence electrons. The van der Waals surface area contributed by atoms with E-state index in [1.54, 1.807) is 12.3 Å².